The van der Waals surface area contributed by atoms with E-state index in [1.54, 1.807) is 30.6 Å². The summed E-state index contributed by atoms with van der Waals surface area (Å²) in [5.74, 6) is -2.76. The van der Waals surface area contributed by atoms with Gasteiger partial charge in [0, 0.05) is 32.0 Å². The monoisotopic (exact) mass is 533 g/mol. The molecule has 1 saturated carbocycles. The number of carboxylic acids is 1. The Labute approximate surface area is 200 Å². The van der Waals surface area contributed by atoms with E-state index in [-0.39, 0.29) is 23.2 Å². The number of benzene rings is 1. The molecule has 3 heterocycles. The van der Waals surface area contributed by atoms with Crippen molar-refractivity contribution >= 4 is 26.0 Å². The van der Waals surface area contributed by atoms with E-state index < -0.39 is 37.7 Å². The van der Waals surface area contributed by atoms with E-state index in [1.165, 1.54) is 8.61 Å². The Morgan fingerprint density at radius 1 is 1.17 bits per heavy atom. The van der Waals surface area contributed by atoms with Crippen LogP contribution in [-0.4, -0.2) is 66.0 Å². The number of halogens is 3. The number of aliphatic carboxylic acids is 1. The molecule has 1 unspecified atom stereocenters. The quantitative estimate of drug-likeness (QED) is 0.640. The minimum Gasteiger partial charge on any atom is -0.475 e. The van der Waals surface area contributed by atoms with E-state index in [0.29, 0.717) is 31.4 Å². The highest BCUT2D eigenvalue weighted by atomic mass is 32.2. The van der Waals surface area contributed by atoms with E-state index in [1.807, 2.05) is 18.2 Å². The summed E-state index contributed by atoms with van der Waals surface area (Å²) in [5.41, 5.74) is 0.613. The number of pyridine rings is 1. The molecule has 14 heteroatoms. The molecule has 1 spiro atoms. The van der Waals surface area contributed by atoms with Gasteiger partial charge in [-0.05, 0) is 42.5 Å². The fraction of sp³-hybridized carbons (Fsp3) is 0.429. The maximum atomic E-state index is 13.4. The predicted molar refractivity (Wildman–Crippen MR) is 117 cm³/mol. The number of hydrogen-bond acceptors (Lipinski definition) is 6. The molecule has 0 amide bonds. The zero-order valence-electron chi connectivity index (χ0n) is 18.2. The van der Waals surface area contributed by atoms with Crippen LogP contribution in [0.25, 0.3) is 0 Å². The first-order valence-corrected chi connectivity index (χ1v) is 13.5. The van der Waals surface area contributed by atoms with Crippen LogP contribution in [0.3, 0.4) is 0 Å². The number of sulfonamides is 2. The van der Waals surface area contributed by atoms with Crippen LogP contribution >= 0.6 is 0 Å². The first kappa shape index (κ1) is 25.5. The summed E-state index contributed by atoms with van der Waals surface area (Å²) >= 11 is 0. The van der Waals surface area contributed by atoms with Gasteiger partial charge in [-0.25, -0.2) is 21.6 Å². The van der Waals surface area contributed by atoms with Crippen LogP contribution in [0.4, 0.5) is 13.2 Å². The molecule has 9 nitrogen and oxygen atoms in total. The van der Waals surface area contributed by atoms with Gasteiger partial charge in [-0.2, -0.15) is 21.8 Å². The SMILES string of the molecule is O=C(O)C(F)(F)F.O=S1(=O)c2ccccc2C2(CCN(S(=O)(=O)C3CC3)C2)N1Cc1cccnc1. The molecular formula is C21H22F3N3O6S2. The Bertz CT molecular complexity index is 1330. The van der Waals surface area contributed by atoms with Crippen LogP contribution in [0, 0.1) is 0 Å². The van der Waals surface area contributed by atoms with Gasteiger partial charge >= 0.3 is 12.1 Å². The predicted octanol–water partition coefficient (Wildman–Crippen LogP) is 2.31. The minimum absolute atomic E-state index is 0.169. The normalized spacial score (nSPS) is 24.1. The number of carboxylic acid groups (broad SMARTS) is 1. The van der Waals surface area contributed by atoms with Gasteiger partial charge in [-0.3, -0.25) is 4.98 Å². The first-order chi connectivity index (χ1) is 16.3. The van der Waals surface area contributed by atoms with Crippen molar-refractivity contribution in [2.45, 2.75) is 47.7 Å². The second kappa shape index (κ2) is 8.84. The Morgan fingerprint density at radius 3 is 2.40 bits per heavy atom. The molecule has 1 N–H and O–H groups in total. The Hall–Kier alpha value is -2.55. The zero-order valence-corrected chi connectivity index (χ0v) is 19.9. The third kappa shape index (κ3) is 4.67. The highest BCUT2D eigenvalue weighted by Gasteiger charge is 2.59. The first-order valence-electron chi connectivity index (χ1n) is 10.6. The summed E-state index contributed by atoms with van der Waals surface area (Å²) in [5, 5.41) is 6.82. The molecule has 2 aromatic rings. The van der Waals surface area contributed by atoms with Gasteiger partial charge in [0.1, 0.15) is 0 Å². The van der Waals surface area contributed by atoms with Gasteiger partial charge in [-0.1, -0.05) is 24.3 Å². The molecule has 0 radical (unpaired) electrons. The number of nitrogens with zero attached hydrogens (tertiary/aromatic N) is 3. The van der Waals surface area contributed by atoms with Crippen molar-refractivity contribution in [3.63, 3.8) is 0 Å². The average Bonchev–Trinajstić information content (AvgIpc) is 3.54. The van der Waals surface area contributed by atoms with Crippen molar-refractivity contribution in [1.82, 2.24) is 13.6 Å². The van der Waals surface area contributed by atoms with Crippen molar-refractivity contribution in [1.29, 1.82) is 0 Å². The van der Waals surface area contributed by atoms with Gasteiger partial charge in [0.05, 0.1) is 15.7 Å². The maximum absolute atomic E-state index is 13.4. The highest BCUT2D eigenvalue weighted by molar-refractivity contribution is 7.90. The molecule has 3 aliphatic rings. The molecule has 190 valence electrons. The molecule has 1 saturated heterocycles. The van der Waals surface area contributed by atoms with E-state index >= 15 is 0 Å². The minimum atomic E-state index is -5.08. The molecular weight excluding hydrogens is 511 g/mol. The van der Waals surface area contributed by atoms with Crippen LogP contribution in [0.2, 0.25) is 0 Å². The molecule has 0 bridgehead atoms. The number of aromatic nitrogens is 1. The molecule has 35 heavy (non-hydrogen) atoms. The molecule has 1 aromatic heterocycles. The summed E-state index contributed by atoms with van der Waals surface area (Å²) in [6.45, 7) is 0.677. The third-order valence-electron chi connectivity index (χ3n) is 6.24. The standard InChI is InChI=1S/C19H21N3O4S2.C2HF3O2/c23-27(24,16-7-8-16)21-11-9-19(14-21)17-5-1-2-6-18(17)28(25,26)22(19)13-15-4-3-10-20-12-15;3-2(4,5)1(6)7/h1-6,10,12,16H,7-9,11,13-14H2;(H,6,7). The fourth-order valence-corrected chi connectivity index (χ4v) is 8.37. The summed E-state index contributed by atoms with van der Waals surface area (Å²) in [4.78, 5) is 13.3. The van der Waals surface area contributed by atoms with Gasteiger partial charge in [-0.15, -0.1) is 0 Å². The Kier molecular flexibility index (Phi) is 6.45. The fourth-order valence-electron chi connectivity index (χ4n) is 4.43. The van der Waals surface area contributed by atoms with Gasteiger partial charge in [0.15, 0.2) is 0 Å². The largest absolute Gasteiger partial charge is 0.490 e. The number of fused-ring (bicyclic) bond motifs is 2. The third-order valence-corrected chi connectivity index (χ3v) is 10.6. The lowest BCUT2D eigenvalue weighted by Crippen LogP contribution is -2.46. The number of hydrogen-bond donors (Lipinski definition) is 1. The Balaban J connectivity index is 0.000000364. The lowest BCUT2D eigenvalue weighted by molar-refractivity contribution is -0.192. The lowest BCUT2D eigenvalue weighted by atomic mass is 9.89. The second-order valence-electron chi connectivity index (χ2n) is 8.53. The van der Waals surface area contributed by atoms with Crippen LogP contribution in [0.1, 0.15) is 30.4 Å². The number of rotatable bonds is 4. The molecule has 1 aliphatic carbocycles. The summed E-state index contributed by atoms with van der Waals surface area (Å²) in [6.07, 6.45) is 0.0571. The van der Waals surface area contributed by atoms with Crippen molar-refractivity contribution < 1.29 is 39.9 Å². The number of carbonyl (C=O) groups is 1. The maximum Gasteiger partial charge on any atom is 0.490 e. The topological polar surface area (TPSA) is 125 Å². The van der Waals surface area contributed by atoms with Gasteiger partial charge < -0.3 is 5.11 Å². The number of alkyl halides is 3. The summed E-state index contributed by atoms with van der Waals surface area (Å²) < 4.78 is 87.1. The Morgan fingerprint density at radius 2 is 1.83 bits per heavy atom. The molecule has 1 atom stereocenters. The zero-order chi connectivity index (χ0) is 25.6. The lowest BCUT2D eigenvalue weighted by Gasteiger charge is -2.34. The van der Waals surface area contributed by atoms with E-state index in [2.05, 4.69) is 4.98 Å². The van der Waals surface area contributed by atoms with Crippen molar-refractivity contribution in [2.75, 3.05) is 13.1 Å². The highest BCUT2D eigenvalue weighted by Crippen LogP contribution is 2.51. The van der Waals surface area contributed by atoms with Crippen molar-refractivity contribution in [2.24, 2.45) is 0 Å². The van der Waals surface area contributed by atoms with Gasteiger partial charge in [0.2, 0.25) is 20.0 Å². The van der Waals surface area contributed by atoms with Crippen LogP contribution in [0.5, 0.6) is 0 Å². The van der Waals surface area contributed by atoms with Crippen LogP contribution < -0.4 is 0 Å². The van der Waals surface area contributed by atoms with Crippen molar-refractivity contribution in [3.05, 3.63) is 59.9 Å². The molecule has 1 aromatic carbocycles. The summed E-state index contributed by atoms with van der Waals surface area (Å²) in [7, 11) is -7.09. The molecule has 5 rings (SSSR count). The van der Waals surface area contributed by atoms with E-state index in [0.717, 1.165) is 5.56 Å². The van der Waals surface area contributed by atoms with Gasteiger partial charge in [0.25, 0.3) is 0 Å². The van der Waals surface area contributed by atoms with E-state index in [9.17, 15) is 30.0 Å². The molecule has 2 aliphatic heterocycles. The summed E-state index contributed by atoms with van der Waals surface area (Å²) in [6, 6.07) is 10.6. The van der Waals surface area contributed by atoms with E-state index in [4.69, 9.17) is 9.90 Å². The average molecular weight is 534 g/mol. The molecule has 2 fully saturated rings. The second-order valence-corrected chi connectivity index (χ2v) is 12.6. The van der Waals surface area contributed by atoms with Crippen molar-refractivity contribution in [3.8, 4) is 0 Å². The smallest absolute Gasteiger partial charge is 0.475 e. The van der Waals surface area contributed by atoms with Crippen LogP contribution in [0.15, 0.2) is 53.7 Å². The van der Waals surface area contributed by atoms with Crippen LogP contribution in [-0.2, 0) is 36.9 Å².